The molecule has 0 bridgehead atoms. The van der Waals surface area contributed by atoms with Gasteiger partial charge in [-0.1, -0.05) is 23.7 Å². The van der Waals surface area contributed by atoms with Crippen molar-refractivity contribution in [1.82, 2.24) is 4.31 Å². The smallest absolute Gasteiger partial charge is 0.449 e. The number of carbonyl (C=O) groups is 1. The van der Waals surface area contributed by atoms with E-state index in [2.05, 4.69) is 25.6 Å². The summed E-state index contributed by atoms with van der Waals surface area (Å²) in [7, 11) is -3.70. The lowest BCUT2D eigenvalue weighted by Gasteiger charge is -2.25. The largest absolute Gasteiger partial charge is 0.513 e. The van der Waals surface area contributed by atoms with Crippen molar-refractivity contribution < 1.29 is 27.5 Å². The number of carboxylic acid groups (broad SMARTS) is 1. The van der Waals surface area contributed by atoms with Gasteiger partial charge in [0.1, 0.15) is 10.5 Å². The van der Waals surface area contributed by atoms with Gasteiger partial charge in [0.15, 0.2) is 0 Å². The van der Waals surface area contributed by atoms with E-state index in [9.17, 15) is 13.2 Å². The summed E-state index contributed by atoms with van der Waals surface area (Å²) in [5.74, 6) is -0.117. The van der Waals surface area contributed by atoms with Gasteiger partial charge in [-0.2, -0.15) is 4.31 Å². The Kier molecular flexibility index (Phi) is 6.16. The molecule has 0 spiro atoms. The number of benzene rings is 2. The maximum absolute atomic E-state index is 13.1. The number of sulfonamides is 1. The number of rotatable bonds is 4. The Hall–Kier alpha value is -2.27. The van der Waals surface area contributed by atoms with Crippen LogP contribution in [0.25, 0.3) is 11.0 Å². The number of furan rings is 1. The molecule has 0 amide bonds. The van der Waals surface area contributed by atoms with Gasteiger partial charge in [-0.25, -0.2) is 13.2 Å². The molecule has 1 N–H and O–H groups in total. The first-order valence-corrected chi connectivity index (χ1v) is 12.0. The predicted octanol–water partition coefficient (Wildman–Crippen LogP) is 4.81. The number of hydrogen-bond acceptors (Lipinski definition) is 6. The number of anilines is 1. The second kappa shape index (κ2) is 8.70. The number of ether oxygens (including phenoxy) is 1. The molecule has 0 unspecified atom stereocenters. The highest BCUT2D eigenvalue weighted by molar-refractivity contribution is 9.10. The molecule has 4 rings (SSSR count). The lowest BCUT2D eigenvalue weighted by Crippen LogP contribution is -2.35. The van der Waals surface area contributed by atoms with Gasteiger partial charge in [0.25, 0.3) is 5.95 Å². The average molecular weight is 530 g/mol. The second-order valence-electron chi connectivity index (χ2n) is 6.92. The highest BCUT2D eigenvalue weighted by atomic mass is 79.9. The molecule has 164 valence electrons. The summed E-state index contributed by atoms with van der Waals surface area (Å²) < 4.78 is 38.3. The zero-order valence-corrected chi connectivity index (χ0v) is 19.3. The molecule has 1 aliphatic heterocycles. The molecule has 0 saturated carbocycles. The third kappa shape index (κ3) is 4.38. The number of nitrogens with zero attached hydrogens (tertiary/aromatic N) is 2. The highest BCUT2D eigenvalue weighted by Gasteiger charge is 2.29. The second-order valence-corrected chi connectivity index (χ2v) is 10.0. The molecule has 31 heavy (non-hydrogen) atoms. The van der Waals surface area contributed by atoms with Crippen molar-refractivity contribution in [2.45, 2.75) is 11.3 Å². The van der Waals surface area contributed by atoms with Gasteiger partial charge in [-0.15, -0.1) is 0 Å². The van der Waals surface area contributed by atoms with Crippen molar-refractivity contribution in [3.63, 3.8) is 0 Å². The van der Waals surface area contributed by atoms with Crippen molar-refractivity contribution in [3.05, 3.63) is 52.0 Å². The van der Waals surface area contributed by atoms with Crippen molar-refractivity contribution in [1.29, 1.82) is 0 Å². The Morgan fingerprint density at radius 2 is 1.90 bits per heavy atom. The van der Waals surface area contributed by atoms with Crippen molar-refractivity contribution in [2.24, 2.45) is 0 Å². The van der Waals surface area contributed by atoms with Crippen LogP contribution in [0.3, 0.4) is 0 Å². The Balaban J connectivity index is 1.57. The van der Waals surface area contributed by atoms with Crippen LogP contribution in [-0.4, -0.2) is 50.2 Å². The average Bonchev–Trinajstić information content (AvgIpc) is 2.95. The standard InChI is InChI=1S/C20H18BrClN2O6S/c21-19-13-12-18(30-20(25)26)29-16(13)7-6-15(19)23-8-3-9-24(11-10-23)31(27,28)17-5-2-1-4-14(17)22/h1-2,4-7,12H,3,8-11H2,(H,25,26). The molecule has 0 radical (unpaired) electrons. The van der Waals surface area contributed by atoms with Crippen molar-refractivity contribution in [3.8, 4) is 5.95 Å². The lowest BCUT2D eigenvalue weighted by molar-refractivity contribution is 0.134. The Morgan fingerprint density at radius 1 is 1.13 bits per heavy atom. The molecule has 1 aromatic heterocycles. The van der Waals surface area contributed by atoms with E-state index >= 15 is 0 Å². The highest BCUT2D eigenvalue weighted by Crippen LogP contribution is 2.38. The molecule has 2 aromatic carbocycles. The molecular weight excluding hydrogens is 512 g/mol. The number of halogens is 2. The summed E-state index contributed by atoms with van der Waals surface area (Å²) in [6, 6.07) is 11.5. The predicted molar refractivity (Wildman–Crippen MR) is 120 cm³/mol. The molecule has 0 atom stereocenters. The zero-order valence-electron chi connectivity index (χ0n) is 16.1. The van der Waals surface area contributed by atoms with Crippen LogP contribution in [0.1, 0.15) is 6.42 Å². The van der Waals surface area contributed by atoms with E-state index < -0.39 is 16.2 Å². The number of fused-ring (bicyclic) bond motifs is 1. The zero-order chi connectivity index (χ0) is 22.2. The summed E-state index contributed by atoms with van der Waals surface area (Å²) in [6.07, 6.45) is -0.824. The van der Waals surface area contributed by atoms with E-state index in [1.54, 1.807) is 24.3 Å². The van der Waals surface area contributed by atoms with Crippen LogP contribution in [0.4, 0.5) is 10.5 Å². The Bertz CT molecular complexity index is 1250. The third-order valence-electron chi connectivity index (χ3n) is 5.03. The van der Waals surface area contributed by atoms with Gasteiger partial charge in [0, 0.05) is 37.6 Å². The molecule has 11 heteroatoms. The third-order valence-corrected chi connectivity index (χ3v) is 8.26. The van der Waals surface area contributed by atoms with Gasteiger partial charge in [0.05, 0.1) is 15.2 Å². The molecule has 3 aromatic rings. The maximum Gasteiger partial charge on any atom is 0.513 e. The van der Waals surface area contributed by atoms with Gasteiger partial charge < -0.3 is 19.2 Å². The SMILES string of the molecule is O=C(O)Oc1cc2c(Br)c(N3CCCN(S(=O)(=O)c4ccccc4Cl)CC3)ccc2o1. The summed E-state index contributed by atoms with van der Waals surface area (Å²) in [5, 5.41) is 9.65. The van der Waals surface area contributed by atoms with Crippen LogP contribution >= 0.6 is 27.5 Å². The topological polar surface area (TPSA) is 100 Å². The van der Waals surface area contributed by atoms with E-state index in [1.807, 2.05) is 6.07 Å². The van der Waals surface area contributed by atoms with Crippen LogP contribution in [0.2, 0.25) is 5.02 Å². The minimum absolute atomic E-state index is 0.108. The molecule has 1 aliphatic rings. The van der Waals surface area contributed by atoms with Crippen molar-refractivity contribution in [2.75, 3.05) is 31.1 Å². The molecule has 0 aliphatic carbocycles. The van der Waals surface area contributed by atoms with Gasteiger partial charge in [-0.05, 0) is 46.6 Å². The molecule has 2 heterocycles. The lowest BCUT2D eigenvalue weighted by atomic mass is 10.2. The van der Waals surface area contributed by atoms with Gasteiger partial charge >= 0.3 is 6.16 Å². The number of hydrogen-bond donors (Lipinski definition) is 1. The van der Waals surface area contributed by atoms with Crippen molar-refractivity contribution >= 4 is 60.4 Å². The van der Waals surface area contributed by atoms with E-state index in [0.29, 0.717) is 43.6 Å². The van der Waals surface area contributed by atoms with Crippen LogP contribution in [0.5, 0.6) is 5.95 Å². The van der Waals surface area contributed by atoms with E-state index in [-0.39, 0.29) is 15.9 Å². The molecule has 8 nitrogen and oxygen atoms in total. The van der Waals surface area contributed by atoms with Gasteiger partial charge in [-0.3, -0.25) is 0 Å². The molecular formula is C20H18BrClN2O6S. The van der Waals surface area contributed by atoms with Crippen LogP contribution < -0.4 is 9.64 Å². The van der Waals surface area contributed by atoms with Crippen LogP contribution in [-0.2, 0) is 10.0 Å². The minimum Gasteiger partial charge on any atom is -0.449 e. The minimum atomic E-state index is -3.70. The Labute approximate surface area is 192 Å². The van der Waals surface area contributed by atoms with Crippen LogP contribution in [0.15, 0.2) is 56.2 Å². The van der Waals surface area contributed by atoms with Crippen LogP contribution in [0, 0.1) is 0 Å². The summed E-state index contributed by atoms with van der Waals surface area (Å²) >= 11 is 9.69. The monoisotopic (exact) mass is 528 g/mol. The first kappa shape index (κ1) is 21.9. The fourth-order valence-electron chi connectivity index (χ4n) is 3.59. The quantitative estimate of drug-likeness (QED) is 0.484. The fraction of sp³-hybridized carbons (Fsp3) is 0.250. The maximum atomic E-state index is 13.1. The normalized spacial score (nSPS) is 15.7. The van der Waals surface area contributed by atoms with Gasteiger partial charge in [0.2, 0.25) is 10.0 Å². The first-order chi connectivity index (χ1) is 14.8. The summed E-state index contributed by atoms with van der Waals surface area (Å²) in [5.41, 5.74) is 1.33. The van der Waals surface area contributed by atoms with E-state index in [4.69, 9.17) is 21.1 Å². The van der Waals surface area contributed by atoms with E-state index in [0.717, 1.165) is 10.2 Å². The van der Waals surface area contributed by atoms with E-state index in [1.165, 1.54) is 16.4 Å². The summed E-state index contributed by atoms with van der Waals surface area (Å²) in [6.45, 7) is 1.81. The Morgan fingerprint density at radius 3 is 2.65 bits per heavy atom. The first-order valence-electron chi connectivity index (χ1n) is 9.40. The fourth-order valence-corrected chi connectivity index (χ4v) is 6.25. The summed E-state index contributed by atoms with van der Waals surface area (Å²) in [4.78, 5) is 12.9. The molecule has 1 fully saturated rings. The molecule has 1 saturated heterocycles.